The number of aryl methyl sites for hydroxylation is 1. The highest BCUT2D eigenvalue weighted by Gasteiger charge is 2.18. The molecule has 0 aliphatic rings. The molecule has 0 heterocycles. The molecule has 3 nitrogen and oxygen atoms in total. The Bertz CT molecular complexity index is 746. The zero-order chi connectivity index (χ0) is 14.9. The molecular formula is C13H10Cl2FNO2S. The minimum absolute atomic E-state index is 0.0162. The van der Waals surface area contributed by atoms with Crippen LogP contribution in [0.25, 0.3) is 0 Å². The van der Waals surface area contributed by atoms with E-state index in [4.69, 9.17) is 23.2 Å². The maximum Gasteiger partial charge on any atom is 0.261 e. The van der Waals surface area contributed by atoms with Gasteiger partial charge in [-0.2, -0.15) is 0 Å². The molecule has 20 heavy (non-hydrogen) atoms. The van der Waals surface area contributed by atoms with Gasteiger partial charge >= 0.3 is 0 Å². The van der Waals surface area contributed by atoms with Gasteiger partial charge in [0.05, 0.1) is 20.6 Å². The number of nitrogens with one attached hydrogen (secondary N) is 1. The van der Waals surface area contributed by atoms with E-state index in [-0.39, 0.29) is 20.6 Å². The molecule has 0 unspecified atom stereocenters. The van der Waals surface area contributed by atoms with Gasteiger partial charge in [-0.05, 0) is 31.2 Å². The first-order valence-corrected chi connectivity index (χ1v) is 7.78. The molecule has 2 rings (SSSR count). The summed E-state index contributed by atoms with van der Waals surface area (Å²) in [5.41, 5.74) is 0.671. The Hall–Kier alpha value is -1.30. The second-order valence-electron chi connectivity index (χ2n) is 4.14. The first kappa shape index (κ1) is 15.1. The number of rotatable bonds is 3. The standard InChI is InChI=1S/C13H10Cl2FNO2S/c1-8-2-4-9(5-3-8)20(18,19)17-11-7-6-10(14)12(15)13(11)16/h2-7,17H,1H3. The van der Waals surface area contributed by atoms with Crippen LogP contribution in [-0.4, -0.2) is 8.42 Å². The zero-order valence-corrected chi connectivity index (χ0v) is 12.7. The van der Waals surface area contributed by atoms with Crippen LogP contribution in [0.5, 0.6) is 0 Å². The molecule has 0 saturated heterocycles. The highest BCUT2D eigenvalue weighted by molar-refractivity contribution is 7.92. The van der Waals surface area contributed by atoms with Gasteiger partial charge in [0.15, 0.2) is 5.82 Å². The third-order valence-electron chi connectivity index (χ3n) is 2.61. The van der Waals surface area contributed by atoms with Gasteiger partial charge in [-0.15, -0.1) is 0 Å². The Balaban J connectivity index is 2.38. The van der Waals surface area contributed by atoms with Gasteiger partial charge in [0, 0.05) is 0 Å². The van der Waals surface area contributed by atoms with E-state index in [1.54, 1.807) is 12.1 Å². The topological polar surface area (TPSA) is 46.2 Å². The molecule has 0 aliphatic heterocycles. The van der Waals surface area contributed by atoms with Gasteiger partial charge in [-0.3, -0.25) is 4.72 Å². The summed E-state index contributed by atoms with van der Waals surface area (Å²) in [7, 11) is -3.87. The van der Waals surface area contributed by atoms with Crippen LogP contribution < -0.4 is 4.72 Å². The third kappa shape index (κ3) is 3.06. The molecule has 7 heteroatoms. The minimum atomic E-state index is -3.87. The van der Waals surface area contributed by atoms with Crippen molar-refractivity contribution in [2.45, 2.75) is 11.8 Å². The summed E-state index contributed by atoms with van der Waals surface area (Å²) in [6.07, 6.45) is 0. The van der Waals surface area contributed by atoms with Crippen LogP contribution in [-0.2, 0) is 10.0 Å². The van der Waals surface area contributed by atoms with Crippen molar-refractivity contribution < 1.29 is 12.8 Å². The maximum atomic E-state index is 13.8. The summed E-state index contributed by atoms with van der Waals surface area (Å²) in [5.74, 6) is -0.908. The fourth-order valence-corrected chi connectivity index (χ4v) is 2.90. The van der Waals surface area contributed by atoms with Crippen LogP contribution in [0.4, 0.5) is 10.1 Å². The third-order valence-corrected chi connectivity index (χ3v) is 4.77. The van der Waals surface area contributed by atoms with E-state index in [2.05, 4.69) is 4.72 Å². The second-order valence-corrected chi connectivity index (χ2v) is 6.61. The lowest BCUT2D eigenvalue weighted by Crippen LogP contribution is -2.14. The molecule has 106 valence electrons. The monoisotopic (exact) mass is 333 g/mol. The zero-order valence-electron chi connectivity index (χ0n) is 10.3. The Morgan fingerprint density at radius 3 is 2.25 bits per heavy atom. The summed E-state index contributed by atoms with van der Waals surface area (Å²) < 4.78 is 40.2. The summed E-state index contributed by atoms with van der Waals surface area (Å²) in [4.78, 5) is 0.0357. The lowest BCUT2D eigenvalue weighted by Gasteiger charge is -2.10. The Kier molecular flexibility index (Phi) is 4.22. The molecule has 2 aromatic rings. The molecule has 0 bridgehead atoms. The van der Waals surface area contributed by atoms with Crippen molar-refractivity contribution in [3.8, 4) is 0 Å². The molecule has 0 fully saturated rings. The van der Waals surface area contributed by atoms with Crippen LogP contribution in [0, 0.1) is 12.7 Å². The van der Waals surface area contributed by atoms with Gasteiger partial charge in [-0.25, -0.2) is 12.8 Å². The van der Waals surface area contributed by atoms with Crippen molar-refractivity contribution in [2.75, 3.05) is 4.72 Å². The van der Waals surface area contributed by atoms with Gasteiger partial charge in [0.1, 0.15) is 0 Å². The molecule has 0 spiro atoms. The fraction of sp³-hybridized carbons (Fsp3) is 0.0769. The average molecular weight is 334 g/mol. The molecule has 1 N–H and O–H groups in total. The first-order valence-electron chi connectivity index (χ1n) is 5.54. The number of sulfonamides is 1. The highest BCUT2D eigenvalue weighted by Crippen LogP contribution is 2.31. The van der Waals surface area contributed by atoms with Crippen LogP contribution >= 0.6 is 23.2 Å². The fourth-order valence-electron chi connectivity index (χ4n) is 1.53. The van der Waals surface area contributed by atoms with Gasteiger partial charge < -0.3 is 0 Å². The van der Waals surface area contributed by atoms with Crippen LogP contribution in [0.2, 0.25) is 10.0 Å². The number of halogens is 3. The lowest BCUT2D eigenvalue weighted by molar-refractivity contribution is 0.598. The first-order chi connectivity index (χ1) is 9.31. The smallest absolute Gasteiger partial charge is 0.261 e. The number of anilines is 1. The maximum absolute atomic E-state index is 13.8. The summed E-state index contributed by atoms with van der Waals surface area (Å²) in [6.45, 7) is 1.84. The Morgan fingerprint density at radius 1 is 1.05 bits per heavy atom. The predicted molar refractivity (Wildman–Crippen MR) is 78.4 cm³/mol. The summed E-state index contributed by atoms with van der Waals surface area (Å²) in [5, 5.41) is -0.307. The van der Waals surface area contributed by atoms with E-state index in [9.17, 15) is 12.8 Å². The van der Waals surface area contributed by atoms with Crippen LogP contribution in [0.3, 0.4) is 0 Å². The number of benzene rings is 2. The quantitative estimate of drug-likeness (QED) is 0.854. The largest absolute Gasteiger partial charge is 0.277 e. The van der Waals surface area contributed by atoms with E-state index in [0.717, 1.165) is 5.56 Å². The molecule has 0 atom stereocenters. The van der Waals surface area contributed by atoms with Crippen molar-refractivity contribution >= 4 is 38.9 Å². The number of hydrogen-bond acceptors (Lipinski definition) is 2. The van der Waals surface area contributed by atoms with E-state index in [1.807, 2.05) is 6.92 Å². The van der Waals surface area contributed by atoms with Crippen molar-refractivity contribution in [1.82, 2.24) is 0 Å². The predicted octanol–water partition coefficient (Wildman–Crippen LogP) is 4.24. The van der Waals surface area contributed by atoms with Crippen molar-refractivity contribution in [3.63, 3.8) is 0 Å². The molecule has 0 aliphatic carbocycles. The van der Waals surface area contributed by atoms with E-state index in [1.165, 1.54) is 24.3 Å². The Morgan fingerprint density at radius 2 is 1.65 bits per heavy atom. The normalized spacial score (nSPS) is 11.4. The second kappa shape index (κ2) is 5.60. The molecule has 0 radical (unpaired) electrons. The molecular weight excluding hydrogens is 324 g/mol. The Labute approximate surface area is 126 Å². The van der Waals surface area contributed by atoms with Gasteiger partial charge in [0.25, 0.3) is 10.0 Å². The summed E-state index contributed by atoms with van der Waals surface area (Å²) in [6, 6.07) is 8.72. The van der Waals surface area contributed by atoms with Crippen molar-refractivity contribution in [3.05, 3.63) is 57.8 Å². The lowest BCUT2D eigenvalue weighted by atomic mass is 10.2. The van der Waals surface area contributed by atoms with Crippen LogP contribution in [0.1, 0.15) is 5.56 Å². The molecule has 2 aromatic carbocycles. The van der Waals surface area contributed by atoms with Gasteiger partial charge in [0.2, 0.25) is 0 Å². The summed E-state index contributed by atoms with van der Waals surface area (Å²) >= 11 is 11.3. The van der Waals surface area contributed by atoms with E-state index < -0.39 is 15.8 Å². The van der Waals surface area contributed by atoms with E-state index >= 15 is 0 Å². The van der Waals surface area contributed by atoms with Crippen molar-refractivity contribution in [1.29, 1.82) is 0 Å². The molecule has 0 amide bonds. The average Bonchev–Trinajstić information content (AvgIpc) is 2.40. The molecule has 0 saturated carbocycles. The van der Waals surface area contributed by atoms with Gasteiger partial charge in [-0.1, -0.05) is 40.9 Å². The highest BCUT2D eigenvalue weighted by atomic mass is 35.5. The van der Waals surface area contributed by atoms with Crippen molar-refractivity contribution in [2.24, 2.45) is 0 Å². The number of hydrogen-bond donors (Lipinski definition) is 1. The molecule has 0 aromatic heterocycles. The minimum Gasteiger partial charge on any atom is -0.277 e. The SMILES string of the molecule is Cc1ccc(S(=O)(=O)Nc2ccc(Cl)c(Cl)c2F)cc1. The van der Waals surface area contributed by atoms with E-state index in [0.29, 0.717) is 0 Å². The van der Waals surface area contributed by atoms with Crippen LogP contribution in [0.15, 0.2) is 41.3 Å².